The summed E-state index contributed by atoms with van der Waals surface area (Å²) < 4.78 is 0. The van der Waals surface area contributed by atoms with Crippen LogP contribution in [-0.2, 0) is 0 Å². The second kappa shape index (κ2) is 8.38. The molecule has 1 rings (SSSR count). The number of aliphatic hydroxyl groups is 1. The Morgan fingerprint density at radius 1 is 1.42 bits per heavy atom. The standard InChI is InChI=1S/C14H29N3O2/c1-4-17-8-6-5-7-13(17)9-15-14(19)16-12(3)11(2)10-18/h11-13,18H,4-10H2,1-3H3,(H2,15,16,19). The van der Waals surface area contributed by atoms with Crippen molar-refractivity contribution in [1.82, 2.24) is 15.5 Å². The number of carbonyl (C=O) groups excluding carboxylic acids is 1. The molecule has 3 atom stereocenters. The van der Waals surface area contributed by atoms with Crippen LogP contribution >= 0.6 is 0 Å². The lowest BCUT2D eigenvalue weighted by molar-refractivity contribution is 0.152. The molecule has 0 aromatic carbocycles. The molecule has 0 aromatic heterocycles. The van der Waals surface area contributed by atoms with Crippen molar-refractivity contribution in [1.29, 1.82) is 0 Å². The third kappa shape index (κ3) is 5.37. The van der Waals surface area contributed by atoms with Crippen LogP contribution in [0.3, 0.4) is 0 Å². The Kier molecular flexibility index (Phi) is 7.16. The number of nitrogens with zero attached hydrogens (tertiary/aromatic N) is 1. The molecule has 0 spiro atoms. The maximum absolute atomic E-state index is 11.8. The number of hydrogen-bond donors (Lipinski definition) is 3. The van der Waals surface area contributed by atoms with E-state index < -0.39 is 0 Å². The SMILES string of the molecule is CCN1CCCCC1CNC(=O)NC(C)C(C)CO. The molecular formula is C14H29N3O2. The maximum atomic E-state index is 11.8. The number of nitrogens with one attached hydrogen (secondary N) is 2. The van der Waals surface area contributed by atoms with Gasteiger partial charge in [0, 0.05) is 25.2 Å². The highest BCUT2D eigenvalue weighted by atomic mass is 16.3. The lowest BCUT2D eigenvalue weighted by Gasteiger charge is -2.35. The van der Waals surface area contributed by atoms with E-state index in [2.05, 4.69) is 22.5 Å². The van der Waals surface area contributed by atoms with Gasteiger partial charge in [0.1, 0.15) is 0 Å². The minimum Gasteiger partial charge on any atom is -0.396 e. The van der Waals surface area contributed by atoms with Gasteiger partial charge < -0.3 is 15.7 Å². The van der Waals surface area contributed by atoms with E-state index in [9.17, 15) is 4.79 Å². The smallest absolute Gasteiger partial charge is 0.315 e. The summed E-state index contributed by atoms with van der Waals surface area (Å²) in [6.07, 6.45) is 3.68. The van der Waals surface area contributed by atoms with Crippen molar-refractivity contribution in [2.75, 3.05) is 26.2 Å². The molecule has 3 N–H and O–H groups in total. The number of likely N-dealkylation sites (N-methyl/N-ethyl adjacent to an activating group) is 1. The van der Waals surface area contributed by atoms with Gasteiger partial charge in [0.2, 0.25) is 0 Å². The molecule has 0 radical (unpaired) electrons. The van der Waals surface area contributed by atoms with Gasteiger partial charge in [-0.05, 0) is 38.8 Å². The van der Waals surface area contributed by atoms with E-state index in [0.29, 0.717) is 12.6 Å². The van der Waals surface area contributed by atoms with Crippen LogP contribution in [0.25, 0.3) is 0 Å². The molecular weight excluding hydrogens is 242 g/mol. The number of rotatable bonds is 6. The Hall–Kier alpha value is -0.810. The van der Waals surface area contributed by atoms with Crippen molar-refractivity contribution in [2.45, 2.75) is 52.1 Å². The molecule has 2 amide bonds. The van der Waals surface area contributed by atoms with Gasteiger partial charge in [-0.2, -0.15) is 0 Å². The molecule has 0 saturated carbocycles. The van der Waals surface area contributed by atoms with Gasteiger partial charge in [-0.15, -0.1) is 0 Å². The Balaban J connectivity index is 2.29. The summed E-state index contributed by atoms with van der Waals surface area (Å²) in [6, 6.07) is 0.322. The summed E-state index contributed by atoms with van der Waals surface area (Å²) in [5, 5.41) is 14.9. The van der Waals surface area contributed by atoms with Crippen molar-refractivity contribution < 1.29 is 9.90 Å². The molecule has 0 aromatic rings. The van der Waals surface area contributed by atoms with E-state index in [-0.39, 0.29) is 24.6 Å². The second-order valence-corrected chi connectivity index (χ2v) is 5.58. The highest BCUT2D eigenvalue weighted by Gasteiger charge is 2.21. The van der Waals surface area contributed by atoms with Gasteiger partial charge in [-0.3, -0.25) is 4.90 Å². The summed E-state index contributed by atoms with van der Waals surface area (Å²) >= 11 is 0. The minimum atomic E-state index is -0.130. The monoisotopic (exact) mass is 271 g/mol. The zero-order valence-electron chi connectivity index (χ0n) is 12.5. The fourth-order valence-corrected chi connectivity index (χ4v) is 2.48. The number of urea groups is 1. The summed E-state index contributed by atoms with van der Waals surface area (Å²) in [5.74, 6) is 0.0765. The van der Waals surface area contributed by atoms with E-state index >= 15 is 0 Å². The minimum absolute atomic E-state index is 0.0152. The molecule has 0 bridgehead atoms. The fourth-order valence-electron chi connectivity index (χ4n) is 2.48. The van der Waals surface area contributed by atoms with Crippen molar-refractivity contribution >= 4 is 6.03 Å². The van der Waals surface area contributed by atoms with Crippen LogP contribution in [0.1, 0.15) is 40.0 Å². The molecule has 112 valence electrons. The lowest BCUT2D eigenvalue weighted by atomic mass is 10.0. The molecule has 1 saturated heterocycles. The maximum Gasteiger partial charge on any atom is 0.315 e. The Morgan fingerprint density at radius 3 is 2.79 bits per heavy atom. The van der Waals surface area contributed by atoms with Gasteiger partial charge in [-0.1, -0.05) is 20.3 Å². The molecule has 1 fully saturated rings. The van der Waals surface area contributed by atoms with E-state index in [0.717, 1.165) is 19.5 Å². The van der Waals surface area contributed by atoms with Crippen LogP contribution in [0, 0.1) is 5.92 Å². The molecule has 1 aliphatic heterocycles. The predicted octanol–water partition coefficient (Wildman–Crippen LogP) is 1.18. The predicted molar refractivity (Wildman–Crippen MR) is 77.1 cm³/mol. The zero-order chi connectivity index (χ0) is 14.3. The third-order valence-corrected chi connectivity index (χ3v) is 4.15. The van der Waals surface area contributed by atoms with Crippen molar-refractivity contribution in [3.8, 4) is 0 Å². The number of likely N-dealkylation sites (tertiary alicyclic amines) is 1. The number of aliphatic hydroxyl groups excluding tert-OH is 1. The molecule has 1 aliphatic rings. The van der Waals surface area contributed by atoms with Crippen molar-refractivity contribution in [2.24, 2.45) is 5.92 Å². The number of hydrogen-bond acceptors (Lipinski definition) is 3. The average molecular weight is 271 g/mol. The third-order valence-electron chi connectivity index (χ3n) is 4.15. The molecule has 5 heteroatoms. The average Bonchev–Trinajstić information content (AvgIpc) is 2.44. The zero-order valence-corrected chi connectivity index (χ0v) is 12.5. The van der Waals surface area contributed by atoms with Crippen LogP contribution < -0.4 is 10.6 Å². The first-order valence-corrected chi connectivity index (χ1v) is 7.47. The fraction of sp³-hybridized carbons (Fsp3) is 0.929. The van der Waals surface area contributed by atoms with Gasteiger partial charge in [-0.25, -0.2) is 4.79 Å². The molecule has 0 aliphatic carbocycles. The summed E-state index contributed by atoms with van der Waals surface area (Å²) in [5.41, 5.74) is 0. The van der Waals surface area contributed by atoms with Gasteiger partial charge in [0.15, 0.2) is 0 Å². The largest absolute Gasteiger partial charge is 0.396 e. The highest BCUT2D eigenvalue weighted by molar-refractivity contribution is 5.74. The van der Waals surface area contributed by atoms with E-state index in [1.165, 1.54) is 12.8 Å². The van der Waals surface area contributed by atoms with Gasteiger partial charge >= 0.3 is 6.03 Å². The number of amides is 2. The van der Waals surface area contributed by atoms with Crippen molar-refractivity contribution in [3.05, 3.63) is 0 Å². The Morgan fingerprint density at radius 2 is 2.16 bits per heavy atom. The highest BCUT2D eigenvalue weighted by Crippen LogP contribution is 2.15. The van der Waals surface area contributed by atoms with E-state index in [1.54, 1.807) is 0 Å². The van der Waals surface area contributed by atoms with Crippen LogP contribution in [0.5, 0.6) is 0 Å². The summed E-state index contributed by atoms with van der Waals surface area (Å²) in [7, 11) is 0. The van der Waals surface area contributed by atoms with Crippen LogP contribution in [0.4, 0.5) is 4.79 Å². The number of carbonyl (C=O) groups is 1. The first-order valence-electron chi connectivity index (χ1n) is 7.47. The van der Waals surface area contributed by atoms with E-state index in [1.807, 2.05) is 13.8 Å². The Labute approximate surface area is 116 Å². The molecule has 3 unspecified atom stereocenters. The van der Waals surface area contributed by atoms with Crippen LogP contribution in [0.15, 0.2) is 0 Å². The van der Waals surface area contributed by atoms with Crippen LogP contribution in [-0.4, -0.2) is 54.4 Å². The summed E-state index contributed by atoms with van der Waals surface area (Å²) in [4.78, 5) is 14.2. The topological polar surface area (TPSA) is 64.6 Å². The number of piperidine rings is 1. The van der Waals surface area contributed by atoms with Gasteiger partial charge in [0.05, 0.1) is 0 Å². The normalized spacial score (nSPS) is 23.7. The van der Waals surface area contributed by atoms with Crippen molar-refractivity contribution in [3.63, 3.8) is 0 Å². The lowest BCUT2D eigenvalue weighted by Crippen LogP contribution is -2.50. The summed E-state index contributed by atoms with van der Waals surface area (Å²) in [6.45, 7) is 9.00. The second-order valence-electron chi connectivity index (χ2n) is 5.58. The van der Waals surface area contributed by atoms with E-state index in [4.69, 9.17) is 5.11 Å². The Bertz CT molecular complexity index is 273. The molecule has 5 nitrogen and oxygen atoms in total. The molecule has 19 heavy (non-hydrogen) atoms. The molecule has 1 heterocycles. The van der Waals surface area contributed by atoms with Gasteiger partial charge in [0.25, 0.3) is 0 Å². The van der Waals surface area contributed by atoms with Crippen LogP contribution in [0.2, 0.25) is 0 Å². The quantitative estimate of drug-likeness (QED) is 0.679. The first-order chi connectivity index (χ1) is 9.08. The first kappa shape index (κ1) is 16.2.